The molecule has 55 heavy (non-hydrogen) atoms. The van der Waals surface area contributed by atoms with Gasteiger partial charge < -0.3 is 43.2 Å². The first kappa shape index (κ1) is 38.4. The Morgan fingerprint density at radius 3 is 1.67 bits per heavy atom. The SMILES string of the molecule is COc1cc(-c2cc(CNC(=O)C3CCN(Cc4ccnc(-c5cc(OC)c(OC)c(OC)c5)c4)C4(C3)OC(=O)C=CC(=O)O4)ccn2)cc(OC)c1OC. The molecule has 1 N–H and O–H groups in total. The highest BCUT2D eigenvalue weighted by atomic mass is 16.8. The highest BCUT2D eigenvalue weighted by Crippen LogP contribution is 2.43. The zero-order valence-electron chi connectivity index (χ0n) is 31.4. The molecule has 1 fully saturated rings. The lowest BCUT2D eigenvalue weighted by atomic mass is 9.92. The monoisotopic (exact) mass is 754 g/mol. The smallest absolute Gasteiger partial charge is 0.335 e. The van der Waals surface area contributed by atoms with Gasteiger partial charge in [0.15, 0.2) is 23.0 Å². The topological polar surface area (TPSA) is 166 Å². The van der Waals surface area contributed by atoms with E-state index in [1.165, 1.54) is 42.7 Å². The fraction of sp³-hybridized carbons (Fsp3) is 0.325. The molecule has 1 atom stereocenters. The first-order valence-electron chi connectivity index (χ1n) is 17.3. The maximum atomic E-state index is 13.7. The number of esters is 2. The highest BCUT2D eigenvalue weighted by Gasteiger charge is 2.51. The van der Waals surface area contributed by atoms with E-state index in [4.69, 9.17) is 37.9 Å². The van der Waals surface area contributed by atoms with Crippen molar-refractivity contribution in [2.24, 2.45) is 5.92 Å². The molecule has 0 bridgehead atoms. The summed E-state index contributed by atoms with van der Waals surface area (Å²) >= 11 is 0. The van der Waals surface area contributed by atoms with Gasteiger partial charge in [-0.2, -0.15) is 0 Å². The molecule has 1 amide bonds. The first-order valence-corrected chi connectivity index (χ1v) is 17.3. The number of piperidine rings is 1. The molecule has 4 aromatic rings. The lowest BCUT2D eigenvalue weighted by molar-refractivity contribution is -0.301. The maximum absolute atomic E-state index is 13.7. The van der Waals surface area contributed by atoms with Gasteiger partial charge in [0, 0.05) is 61.2 Å². The lowest BCUT2D eigenvalue weighted by Gasteiger charge is -2.45. The predicted octanol–water partition coefficient (Wildman–Crippen LogP) is 4.70. The van der Waals surface area contributed by atoms with Gasteiger partial charge in [0.1, 0.15) is 0 Å². The van der Waals surface area contributed by atoms with Gasteiger partial charge in [-0.25, -0.2) is 14.5 Å². The molecule has 2 aliphatic rings. The fourth-order valence-electron chi connectivity index (χ4n) is 6.68. The van der Waals surface area contributed by atoms with Crippen LogP contribution in [0.25, 0.3) is 22.5 Å². The van der Waals surface area contributed by atoms with Crippen molar-refractivity contribution in [3.05, 3.63) is 84.2 Å². The largest absolute Gasteiger partial charge is 0.493 e. The van der Waals surface area contributed by atoms with E-state index < -0.39 is 23.8 Å². The summed E-state index contributed by atoms with van der Waals surface area (Å²) in [5.74, 6) is -1.50. The van der Waals surface area contributed by atoms with Gasteiger partial charge in [-0.1, -0.05) is 0 Å². The van der Waals surface area contributed by atoms with Crippen molar-refractivity contribution >= 4 is 17.8 Å². The molecular weight excluding hydrogens is 712 g/mol. The van der Waals surface area contributed by atoms with Crippen molar-refractivity contribution in [1.29, 1.82) is 0 Å². The lowest BCUT2D eigenvalue weighted by Crippen LogP contribution is -2.59. The Morgan fingerprint density at radius 1 is 0.727 bits per heavy atom. The van der Waals surface area contributed by atoms with E-state index in [1.807, 2.05) is 18.2 Å². The number of pyridine rings is 2. The number of amides is 1. The van der Waals surface area contributed by atoms with Crippen LogP contribution in [0.15, 0.2) is 73.1 Å². The third-order valence-corrected chi connectivity index (χ3v) is 9.39. The molecule has 6 rings (SSSR count). The third kappa shape index (κ3) is 8.26. The number of nitrogens with one attached hydrogen (secondary N) is 1. The number of benzene rings is 2. The molecule has 1 spiro atoms. The van der Waals surface area contributed by atoms with Crippen LogP contribution in [0.1, 0.15) is 24.0 Å². The number of carbonyl (C=O) groups is 3. The summed E-state index contributed by atoms with van der Waals surface area (Å²) in [4.78, 5) is 50.2. The minimum absolute atomic E-state index is 0.0875. The van der Waals surface area contributed by atoms with Crippen LogP contribution >= 0.6 is 0 Å². The Hall–Kier alpha value is -6.35. The van der Waals surface area contributed by atoms with Gasteiger partial charge >= 0.3 is 17.8 Å². The van der Waals surface area contributed by atoms with E-state index in [-0.39, 0.29) is 32.0 Å². The molecule has 0 radical (unpaired) electrons. The zero-order chi connectivity index (χ0) is 39.1. The van der Waals surface area contributed by atoms with Crippen LogP contribution in [0.2, 0.25) is 0 Å². The van der Waals surface area contributed by atoms with Crippen molar-refractivity contribution in [2.75, 3.05) is 49.2 Å². The summed E-state index contributed by atoms with van der Waals surface area (Å²) < 4.78 is 44.6. The summed E-state index contributed by atoms with van der Waals surface area (Å²) in [5, 5.41) is 3.00. The average Bonchev–Trinajstić information content (AvgIpc) is 3.36. The quantitative estimate of drug-likeness (QED) is 0.187. The molecule has 2 aliphatic heterocycles. The number of hydrogen-bond donors (Lipinski definition) is 1. The van der Waals surface area contributed by atoms with E-state index in [2.05, 4.69) is 15.3 Å². The van der Waals surface area contributed by atoms with Crippen LogP contribution in [0, 0.1) is 5.92 Å². The van der Waals surface area contributed by atoms with Gasteiger partial charge in [0.2, 0.25) is 17.4 Å². The van der Waals surface area contributed by atoms with E-state index in [9.17, 15) is 14.4 Å². The van der Waals surface area contributed by atoms with Crippen LogP contribution in [-0.2, 0) is 36.9 Å². The molecule has 0 saturated carbocycles. The van der Waals surface area contributed by atoms with Crippen LogP contribution in [0.4, 0.5) is 0 Å². The van der Waals surface area contributed by atoms with Crippen LogP contribution in [0.5, 0.6) is 34.5 Å². The maximum Gasteiger partial charge on any atom is 0.335 e. The normalized spacial score (nSPS) is 16.4. The summed E-state index contributed by atoms with van der Waals surface area (Å²) in [6.07, 6.45) is 5.65. The number of nitrogens with zero attached hydrogens (tertiary/aromatic N) is 3. The molecule has 1 saturated heterocycles. The zero-order valence-corrected chi connectivity index (χ0v) is 31.4. The number of likely N-dealkylation sites (tertiary alicyclic amines) is 1. The Balaban J connectivity index is 1.20. The molecule has 15 heteroatoms. The minimum Gasteiger partial charge on any atom is -0.493 e. The number of hydrogen-bond acceptors (Lipinski definition) is 14. The number of rotatable bonds is 13. The van der Waals surface area contributed by atoms with Crippen molar-refractivity contribution in [2.45, 2.75) is 31.8 Å². The molecule has 2 aromatic carbocycles. The standard InChI is InChI=1S/C40H42N4O11/c1-48-31-17-27(18-32(49-2)37(31)52-5)29-15-24(9-12-41-29)22-43-39(47)26-11-14-44(40(21-26)54-35(45)7-8-36(46)55-40)23-25-10-13-42-30(16-25)28-19-33(50-3)38(53-6)34(20-28)51-4/h7-10,12-13,15-20,26H,11,14,21-23H2,1-6H3,(H,43,47). The highest BCUT2D eigenvalue weighted by molar-refractivity contribution is 5.93. The molecule has 4 heterocycles. The average molecular weight is 755 g/mol. The van der Waals surface area contributed by atoms with Gasteiger partial charge in [-0.15, -0.1) is 0 Å². The molecule has 1 unspecified atom stereocenters. The second-order valence-corrected chi connectivity index (χ2v) is 12.6. The number of ether oxygens (including phenoxy) is 8. The van der Waals surface area contributed by atoms with Crippen LogP contribution < -0.4 is 33.7 Å². The summed E-state index contributed by atoms with van der Waals surface area (Å²) in [5.41, 5.74) is 4.26. The van der Waals surface area contributed by atoms with Crippen molar-refractivity contribution in [1.82, 2.24) is 20.2 Å². The fourth-order valence-corrected chi connectivity index (χ4v) is 6.68. The predicted molar refractivity (Wildman–Crippen MR) is 198 cm³/mol. The Kier molecular flexibility index (Phi) is 11.7. The third-order valence-electron chi connectivity index (χ3n) is 9.39. The van der Waals surface area contributed by atoms with Crippen LogP contribution in [-0.4, -0.2) is 87.8 Å². The minimum atomic E-state index is -1.84. The van der Waals surface area contributed by atoms with Gasteiger partial charge in [0.05, 0.1) is 60.5 Å². The van der Waals surface area contributed by atoms with Gasteiger partial charge in [0.25, 0.3) is 0 Å². The second kappa shape index (κ2) is 16.8. The van der Waals surface area contributed by atoms with E-state index in [1.54, 1.807) is 47.6 Å². The van der Waals surface area contributed by atoms with Crippen molar-refractivity contribution in [3.8, 4) is 57.0 Å². The van der Waals surface area contributed by atoms with E-state index in [0.29, 0.717) is 57.9 Å². The van der Waals surface area contributed by atoms with Crippen molar-refractivity contribution < 1.29 is 52.3 Å². The molecule has 0 aliphatic carbocycles. The summed E-state index contributed by atoms with van der Waals surface area (Å²) in [6, 6.07) is 14.5. The van der Waals surface area contributed by atoms with Gasteiger partial charge in [-0.3, -0.25) is 14.8 Å². The number of carbonyl (C=O) groups excluding carboxylic acids is 3. The molecule has 15 nitrogen and oxygen atoms in total. The Bertz CT molecular complexity index is 2030. The first-order chi connectivity index (χ1) is 26.6. The molecular formula is C40H42N4O11. The van der Waals surface area contributed by atoms with E-state index in [0.717, 1.165) is 28.8 Å². The summed E-state index contributed by atoms with van der Waals surface area (Å²) in [6.45, 7) is 0.657. The van der Waals surface area contributed by atoms with Crippen molar-refractivity contribution in [3.63, 3.8) is 0 Å². The van der Waals surface area contributed by atoms with E-state index >= 15 is 0 Å². The van der Waals surface area contributed by atoms with Crippen LogP contribution in [0.3, 0.4) is 0 Å². The second-order valence-electron chi connectivity index (χ2n) is 12.6. The Morgan fingerprint density at radius 2 is 1.20 bits per heavy atom. The molecule has 2 aromatic heterocycles. The van der Waals surface area contributed by atoms with Gasteiger partial charge in [-0.05, 0) is 66.1 Å². The Labute approximate surface area is 318 Å². The number of methoxy groups -OCH3 is 6. The molecule has 288 valence electrons. The number of aromatic nitrogens is 2. The summed E-state index contributed by atoms with van der Waals surface area (Å²) in [7, 11) is 9.21.